The predicted molar refractivity (Wildman–Crippen MR) is 35.1 cm³/mol. The molecule has 0 radical (unpaired) electrons. The zero-order chi connectivity index (χ0) is 10.7. The number of rotatable bonds is 5. The summed E-state index contributed by atoms with van der Waals surface area (Å²) in [4.78, 5) is 0. The first-order valence-electron chi connectivity index (χ1n) is 3.21. The highest BCUT2D eigenvalue weighted by atomic mass is 32.2. The molecule has 0 heterocycles. The largest absolute Gasteiger partial charge is 0.768 e. The molecule has 0 spiro atoms. The van der Waals surface area contributed by atoms with Gasteiger partial charge >= 0.3 is 11.2 Å². The Hall–Kier alpha value is -0.210. The summed E-state index contributed by atoms with van der Waals surface area (Å²) in [6.45, 7) is -0.697. The van der Waals surface area contributed by atoms with Crippen molar-refractivity contribution in [1.29, 1.82) is 0 Å². The van der Waals surface area contributed by atoms with Crippen LogP contribution < -0.4 is 0 Å². The number of aliphatic hydroxyl groups excluding tert-OH is 1. The minimum absolute atomic E-state index is 0.584. The van der Waals surface area contributed by atoms with Gasteiger partial charge in [0.05, 0.1) is 0 Å². The van der Waals surface area contributed by atoms with Gasteiger partial charge in [-0.3, -0.25) is 4.21 Å². The molecule has 0 rings (SSSR count). The van der Waals surface area contributed by atoms with E-state index in [-0.39, 0.29) is 0 Å². The van der Waals surface area contributed by atoms with E-state index in [0.29, 0.717) is 0 Å². The first kappa shape index (κ1) is 12.8. The Labute approximate surface area is 74.0 Å². The summed E-state index contributed by atoms with van der Waals surface area (Å²) in [5.41, 5.74) is 0. The van der Waals surface area contributed by atoms with Crippen molar-refractivity contribution in [2.45, 2.75) is 24.0 Å². The molecule has 0 fully saturated rings. The molecular weight excluding hydrogens is 216 g/mol. The van der Waals surface area contributed by atoms with E-state index in [1.54, 1.807) is 0 Å². The van der Waals surface area contributed by atoms with E-state index in [1.807, 2.05) is 0 Å². The molecule has 1 atom stereocenters. The van der Waals surface area contributed by atoms with Crippen molar-refractivity contribution in [2.24, 2.45) is 0 Å². The number of hydrogen-bond acceptors (Lipinski definition) is 3. The Balaban J connectivity index is 4.50. The molecular formula is C5H7F4O3S-. The van der Waals surface area contributed by atoms with Crippen molar-refractivity contribution >= 4 is 11.1 Å². The van der Waals surface area contributed by atoms with Gasteiger partial charge < -0.3 is 9.66 Å². The molecule has 0 saturated heterocycles. The van der Waals surface area contributed by atoms with Gasteiger partial charge in [0.25, 0.3) is 0 Å². The molecule has 0 aliphatic carbocycles. The van der Waals surface area contributed by atoms with Crippen LogP contribution in [-0.4, -0.2) is 31.7 Å². The van der Waals surface area contributed by atoms with E-state index < -0.39 is 41.7 Å². The average Bonchev–Trinajstić information content (AvgIpc) is 2.00. The molecule has 13 heavy (non-hydrogen) atoms. The summed E-state index contributed by atoms with van der Waals surface area (Å²) in [5.74, 6) is -4.64. The zero-order valence-corrected chi connectivity index (χ0v) is 7.12. The van der Waals surface area contributed by atoms with Crippen molar-refractivity contribution < 1.29 is 31.4 Å². The van der Waals surface area contributed by atoms with Crippen LogP contribution in [0, 0.1) is 0 Å². The van der Waals surface area contributed by atoms with Crippen molar-refractivity contribution in [3.8, 4) is 0 Å². The molecule has 0 aromatic rings. The molecule has 0 amide bonds. The van der Waals surface area contributed by atoms with Crippen molar-refractivity contribution in [3.63, 3.8) is 0 Å². The summed E-state index contributed by atoms with van der Waals surface area (Å²) in [7, 11) is 0. The highest BCUT2D eigenvalue weighted by Crippen LogP contribution is 2.39. The van der Waals surface area contributed by atoms with Gasteiger partial charge in [0.2, 0.25) is 0 Å². The fraction of sp³-hybridized carbons (Fsp3) is 1.00. The van der Waals surface area contributed by atoms with Crippen LogP contribution in [0.5, 0.6) is 0 Å². The van der Waals surface area contributed by atoms with Crippen molar-refractivity contribution in [3.05, 3.63) is 0 Å². The molecule has 0 saturated carbocycles. The quantitative estimate of drug-likeness (QED) is 0.555. The molecule has 1 unspecified atom stereocenters. The van der Waals surface area contributed by atoms with Crippen molar-refractivity contribution in [2.75, 3.05) is 6.61 Å². The Morgan fingerprint density at radius 3 is 2.08 bits per heavy atom. The van der Waals surface area contributed by atoms with E-state index in [0.717, 1.165) is 0 Å². The van der Waals surface area contributed by atoms with E-state index in [2.05, 4.69) is 0 Å². The predicted octanol–water partition coefficient (Wildman–Crippen LogP) is 0.866. The van der Waals surface area contributed by atoms with Gasteiger partial charge in [-0.2, -0.15) is 17.6 Å². The lowest BCUT2D eigenvalue weighted by atomic mass is 10.2. The van der Waals surface area contributed by atoms with E-state index in [9.17, 15) is 26.3 Å². The third kappa shape index (κ3) is 2.89. The summed E-state index contributed by atoms with van der Waals surface area (Å²) in [5, 5.41) is 3.02. The SMILES string of the molecule is O=S([O-])C(F)(F)C(F)(F)CCCO. The second kappa shape index (κ2) is 4.34. The van der Waals surface area contributed by atoms with Crippen LogP contribution >= 0.6 is 0 Å². The Bertz CT molecular complexity index is 196. The summed E-state index contributed by atoms with van der Waals surface area (Å²) in [6, 6.07) is 0. The number of hydrogen-bond donors (Lipinski definition) is 1. The maximum atomic E-state index is 12.4. The van der Waals surface area contributed by atoms with Crippen LogP contribution in [0.4, 0.5) is 17.6 Å². The molecule has 0 aliphatic heterocycles. The monoisotopic (exact) mass is 223 g/mol. The maximum Gasteiger partial charge on any atom is 0.371 e. The molecule has 0 aromatic heterocycles. The molecule has 0 aliphatic rings. The van der Waals surface area contributed by atoms with Gasteiger partial charge in [-0.1, -0.05) is 0 Å². The molecule has 1 N–H and O–H groups in total. The standard InChI is InChI=1S/C5H8F4O3S/c6-4(7,2-1-3-10)5(8,9)13(11)12/h10H,1-3H2,(H,11,12)/p-1. The molecule has 3 nitrogen and oxygen atoms in total. The smallest absolute Gasteiger partial charge is 0.371 e. The average molecular weight is 223 g/mol. The number of aliphatic hydroxyl groups is 1. The summed E-state index contributed by atoms with van der Waals surface area (Å²) >= 11 is -4.16. The van der Waals surface area contributed by atoms with Crippen LogP contribution in [-0.2, 0) is 11.1 Å². The highest BCUT2D eigenvalue weighted by Gasteiger charge is 2.56. The zero-order valence-electron chi connectivity index (χ0n) is 6.31. The third-order valence-corrected chi connectivity index (χ3v) is 2.00. The Morgan fingerprint density at radius 2 is 1.77 bits per heavy atom. The van der Waals surface area contributed by atoms with Crippen LogP contribution in [0.2, 0.25) is 0 Å². The first-order chi connectivity index (χ1) is 5.75. The Morgan fingerprint density at radius 1 is 1.31 bits per heavy atom. The maximum absolute atomic E-state index is 12.4. The normalized spacial score (nSPS) is 15.8. The van der Waals surface area contributed by atoms with Gasteiger partial charge in [0, 0.05) is 24.1 Å². The molecule has 8 heteroatoms. The van der Waals surface area contributed by atoms with E-state index in [1.165, 1.54) is 0 Å². The van der Waals surface area contributed by atoms with Gasteiger partial charge in [-0.25, -0.2) is 0 Å². The topological polar surface area (TPSA) is 60.4 Å². The van der Waals surface area contributed by atoms with E-state index >= 15 is 0 Å². The molecule has 0 aromatic carbocycles. The van der Waals surface area contributed by atoms with Gasteiger partial charge in [0.1, 0.15) is 0 Å². The lowest BCUT2D eigenvalue weighted by Gasteiger charge is -2.27. The van der Waals surface area contributed by atoms with Crippen LogP contribution in [0.15, 0.2) is 0 Å². The highest BCUT2D eigenvalue weighted by molar-refractivity contribution is 7.80. The Kier molecular flexibility index (Phi) is 4.27. The van der Waals surface area contributed by atoms with Gasteiger partial charge in [0.15, 0.2) is 0 Å². The number of alkyl halides is 4. The lowest BCUT2D eigenvalue weighted by Crippen LogP contribution is -2.44. The number of halogens is 4. The first-order valence-corrected chi connectivity index (χ1v) is 4.29. The molecule has 80 valence electrons. The van der Waals surface area contributed by atoms with Crippen LogP contribution in [0.25, 0.3) is 0 Å². The van der Waals surface area contributed by atoms with E-state index in [4.69, 9.17) is 5.11 Å². The third-order valence-electron chi connectivity index (χ3n) is 1.28. The van der Waals surface area contributed by atoms with Crippen LogP contribution in [0.3, 0.4) is 0 Å². The fourth-order valence-corrected chi connectivity index (χ4v) is 0.914. The van der Waals surface area contributed by atoms with Gasteiger partial charge in [-0.15, -0.1) is 0 Å². The second-order valence-electron chi connectivity index (χ2n) is 2.28. The fourth-order valence-electron chi connectivity index (χ4n) is 0.569. The van der Waals surface area contributed by atoms with Gasteiger partial charge in [-0.05, 0) is 6.42 Å². The summed E-state index contributed by atoms with van der Waals surface area (Å²) < 4.78 is 68.7. The minimum atomic E-state index is -5.08. The van der Waals surface area contributed by atoms with Crippen molar-refractivity contribution in [1.82, 2.24) is 0 Å². The second-order valence-corrected chi connectivity index (χ2v) is 3.27. The summed E-state index contributed by atoms with van der Waals surface area (Å²) in [6.07, 6.45) is -1.95. The minimum Gasteiger partial charge on any atom is -0.768 e. The molecule has 0 bridgehead atoms. The lowest BCUT2D eigenvalue weighted by molar-refractivity contribution is -0.162. The van der Waals surface area contributed by atoms with Crippen LogP contribution in [0.1, 0.15) is 12.8 Å².